The second-order valence-electron chi connectivity index (χ2n) is 7.66. The minimum atomic E-state index is -1.15. The van der Waals surface area contributed by atoms with E-state index in [4.69, 9.17) is 10.5 Å². The van der Waals surface area contributed by atoms with Crippen molar-refractivity contribution in [2.75, 3.05) is 6.61 Å². The molecule has 0 aromatic carbocycles. The van der Waals surface area contributed by atoms with Gasteiger partial charge < -0.3 is 10.5 Å². The van der Waals surface area contributed by atoms with Gasteiger partial charge in [-0.1, -0.05) is 0 Å². The molecule has 2 aliphatic heterocycles. The van der Waals surface area contributed by atoms with E-state index in [1.54, 1.807) is 10.7 Å². The van der Waals surface area contributed by atoms with Gasteiger partial charge in [0.15, 0.2) is 11.5 Å². The van der Waals surface area contributed by atoms with Crippen molar-refractivity contribution in [1.82, 2.24) is 19.5 Å². The minimum Gasteiger partial charge on any atom is -0.374 e. The highest BCUT2D eigenvalue weighted by Gasteiger charge is 2.41. The highest BCUT2D eigenvalue weighted by molar-refractivity contribution is 5.51. The van der Waals surface area contributed by atoms with Gasteiger partial charge in [-0.15, -0.1) is 0 Å². The van der Waals surface area contributed by atoms with Gasteiger partial charge in [0.05, 0.1) is 18.4 Å². The molecule has 4 heterocycles. The number of ether oxygens (including phenoxy) is 1. The smallest absolute Gasteiger partial charge is 0.159 e. The Morgan fingerprint density at radius 3 is 2.89 bits per heavy atom. The van der Waals surface area contributed by atoms with Crippen molar-refractivity contribution in [2.45, 2.75) is 44.1 Å². The van der Waals surface area contributed by atoms with Crippen LogP contribution < -0.4 is 5.73 Å². The molecule has 2 N–H and O–H groups in total. The summed E-state index contributed by atoms with van der Waals surface area (Å²) < 4.78 is 48.7. The van der Waals surface area contributed by atoms with Gasteiger partial charge in [0.2, 0.25) is 0 Å². The lowest BCUT2D eigenvalue weighted by Gasteiger charge is -2.41. The van der Waals surface area contributed by atoms with Crippen LogP contribution >= 0.6 is 0 Å². The average Bonchev–Trinajstić information content (AvgIpc) is 3.23. The zero-order valence-electron chi connectivity index (χ0n) is 15.1. The summed E-state index contributed by atoms with van der Waals surface area (Å²) >= 11 is 0. The van der Waals surface area contributed by atoms with Crippen molar-refractivity contribution in [3.63, 3.8) is 0 Å². The van der Waals surface area contributed by atoms with E-state index in [2.05, 4.69) is 15.0 Å². The number of aromatic nitrogens is 3. The molecule has 2 aromatic heterocycles. The van der Waals surface area contributed by atoms with E-state index in [9.17, 15) is 13.2 Å². The average molecular weight is 391 g/mol. The third-order valence-corrected chi connectivity index (χ3v) is 5.93. The van der Waals surface area contributed by atoms with Crippen molar-refractivity contribution in [2.24, 2.45) is 11.7 Å². The summed E-state index contributed by atoms with van der Waals surface area (Å²) in [6, 6.07) is 1.42. The molecule has 3 unspecified atom stereocenters. The summed E-state index contributed by atoms with van der Waals surface area (Å²) in [5, 5.41) is 4.57. The molecule has 1 fully saturated rings. The van der Waals surface area contributed by atoms with Crippen LogP contribution in [-0.2, 0) is 17.8 Å². The molecule has 6 nitrogen and oxygen atoms in total. The molecule has 0 amide bonds. The standard InChI is InChI=1S/C19H20F3N5O/c20-13-6-15(22)14(21)5-11(13)18-16(23)4-10(9-28-18)26-7-12-17(8-26)25-27-3-1-2-24-19(12)27/h1-3,6,10-11,16,18H,4-5,7-9,23H2/t10?,11?,16?,18-/m1/s1. The summed E-state index contributed by atoms with van der Waals surface area (Å²) in [6.07, 6.45) is 3.78. The predicted molar refractivity (Wildman–Crippen MR) is 94.9 cm³/mol. The van der Waals surface area contributed by atoms with Crippen LogP contribution in [0.3, 0.4) is 0 Å². The largest absolute Gasteiger partial charge is 0.374 e. The molecule has 0 radical (unpaired) electrons. The number of halogens is 3. The van der Waals surface area contributed by atoms with Gasteiger partial charge in [-0.05, 0) is 12.5 Å². The highest BCUT2D eigenvalue weighted by Crippen LogP contribution is 2.38. The maximum atomic E-state index is 14.2. The summed E-state index contributed by atoms with van der Waals surface area (Å²) in [6.45, 7) is 1.73. The highest BCUT2D eigenvalue weighted by atomic mass is 19.2. The maximum absolute atomic E-state index is 14.2. The summed E-state index contributed by atoms with van der Waals surface area (Å²) in [7, 11) is 0. The van der Waals surface area contributed by atoms with Crippen molar-refractivity contribution in [3.8, 4) is 0 Å². The molecule has 5 rings (SSSR count). The molecular weight excluding hydrogens is 371 g/mol. The quantitative estimate of drug-likeness (QED) is 0.852. The first kappa shape index (κ1) is 17.8. The first-order valence-corrected chi connectivity index (χ1v) is 9.35. The van der Waals surface area contributed by atoms with Gasteiger partial charge in [0.25, 0.3) is 0 Å². The SMILES string of the molecule is NC1CC(N2Cc3nn4cccnc4c3C2)CO[C@@H]1C1CC(F)=C(F)C=C1F. The molecule has 1 saturated heterocycles. The summed E-state index contributed by atoms with van der Waals surface area (Å²) in [5.74, 6) is -3.68. The molecule has 3 aliphatic rings. The lowest BCUT2D eigenvalue weighted by atomic mass is 9.84. The zero-order valence-corrected chi connectivity index (χ0v) is 15.1. The Balaban J connectivity index is 1.27. The number of fused-ring (bicyclic) bond motifs is 3. The van der Waals surface area contributed by atoms with Gasteiger partial charge in [-0.2, -0.15) is 5.10 Å². The van der Waals surface area contributed by atoms with Crippen LogP contribution in [0.25, 0.3) is 5.65 Å². The molecule has 28 heavy (non-hydrogen) atoms. The first-order chi connectivity index (χ1) is 13.5. The number of nitrogens with zero attached hydrogens (tertiary/aromatic N) is 4. The molecule has 0 spiro atoms. The van der Waals surface area contributed by atoms with Gasteiger partial charge in [-0.3, -0.25) is 4.90 Å². The first-order valence-electron chi connectivity index (χ1n) is 9.35. The molecule has 0 bridgehead atoms. The summed E-state index contributed by atoms with van der Waals surface area (Å²) in [5.41, 5.74) is 9.20. The van der Waals surface area contributed by atoms with Crippen LogP contribution in [0.5, 0.6) is 0 Å². The fourth-order valence-corrected chi connectivity index (χ4v) is 4.48. The monoisotopic (exact) mass is 391 g/mol. The minimum absolute atomic E-state index is 0.0527. The van der Waals surface area contributed by atoms with Crippen LogP contribution in [0.15, 0.2) is 42.0 Å². The van der Waals surface area contributed by atoms with Crippen LogP contribution in [0, 0.1) is 5.92 Å². The van der Waals surface area contributed by atoms with E-state index < -0.39 is 35.5 Å². The lowest BCUT2D eigenvalue weighted by Crippen LogP contribution is -2.53. The van der Waals surface area contributed by atoms with Gasteiger partial charge in [0.1, 0.15) is 11.7 Å². The van der Waals surface area contributed by atoms with Crippen molar-refractivity contribution >= 4 is 5.65 Å². The van der Waals surface area contributed by atoms with Crippen LogP contribution in [0.1, 0.15) is 24.1 Å². The normalized spacial score (nSPS) is 31.4. The van der Waals surface area contributed by atoms with Crippen molar-refractivity contribution < 1.29 is 17.9 Å². The molecule has 2 aromatic rings. The predicted octanol–water partition coefficient (Wildman–Crippen LogP) is 2.55. The van der Waals surface area contributed by atoms with Gasteiger partial charge in [-0.25, -0.2) is 22.7 Å². The third-order valence-electron chi connectivity index (χ3n) is 5.93. The lowest BCUT2D eigenvalue weighted by molar-refractivity contribution is -0.0731. The number of rotatable bonds is 2. The van der Waals surface area contributed by atoms with Crippen molar-refractivity contribution in [3.05, 3.63) is 53.3 Å². The van der Waals surface area contributed by atoms with Crippen molar-refractivity contribution in [1.29, 1.82) is 0 Å². The Bertz CT molecular complexity index is 987. The Morgan fingerprint density at radius 1 is 1.21 bits per heavy atom. The third kappa shape index (κ3) is 2.85. The van der Waals surface area contributed by atoms with E-state index in [0.29, 0.717) is 32.2 Å². The molecule has 0 saturated carbocycles. The summed E-state index contributed by atoms with van der Waals surface area (Å²) in [4.78, 5) is 6.63. The number of hydrogen-bond acceptors (Lipinski definition) is 5. The van der Waals surface area contributed by atoms with E-state index in [1.807, 2.05) is 12.3 Å². The molecule has 1 aliphatic carbocycles. The Kier molecular flexibility index (Phi) is 4.26. The van der Waals surface area contributed by atoms with Crippen LogP contribution in [0.2, 0.25) is 0 Å². The molecular formula is C19H20F3N5O. The molecule has 4 atom stereocenters. The maximum Gasteiger partial charge on any atom is 0.159 e. The number of hydrogen-bond donors (Lipinski definition) is 1. The topological polar surface area (TPSA) is 68.7 Å². The Morgan fingerprint density at radius 2 is 2.07 bits per heavy atom. The van der Waals surface area contributed by atoms with E-state index in [0.717, 1.165) is 16.9 Å². The molecule has 148 valence electrons. The van der Waals surface area contributed by atoms with E-state index >= 15 is 0 Å². The Hall–Kier alpha value is -2.23. The zero-order chi connectivity index (χ0) is 19.4. The van der Waals surface area contributed by atoms with Gasteiger partial charge >= 0.3 is 0 Å². The fourth-order valence-electron chi connectivity index (χ4n) is 4.48. The Labute approximate surface area is 159 Å². The molecule has 9 heteroatoms. The van der Waals surface area contributed by atoms with E-state index in [1.165, 1.54) is 0 Å². The number of allylic oxidation sites excluding steroid dienone is 3. The van der Waals surface area contributed by atoms with Crippen LogP contribution in [0.4, 0.5) is 13.2 Å². The van der Waals surface area contributed by atoms with Crippen LogP contribution in [-0.4, -0.2) is 44.3 Å². The second kappa shape index (κ2) is 6.68. The number of nitrogens with two attached hydrogens (primary N) is 1. The van der Waals surface area contributed by atoms with Gasteiger partial charge in [0, 0.05) is 61.5 Å². The van der Waals surface area contributed by atoms with E-state index in [-0.39, 0.29) is 12.5 Å². The second-order valence-corrected chi connectivity index (χ2v) is 7.66. The fraction of sp³-hybridized carbons (Fsp3) is 0.474.